The van der Waals surface area contributed by atoms with Crippen LogP contribution in [0, 0.1) is 5.82 Å². The summed E-state index contributed by atoms with van der Waals surface area (Å²) in [5.74, 6) is -1.20. The van der Waals surface area contributed by atoms with Gasteiger partial charge in [0.15, 0.2) is 0 Å². The Hall–Kier alpha value is -3.24. The Bertz CT molecular complexity index is 1280. The fraction of sp³-hybridized carbons (Fsp3) is 0.250. The third kappa shape index (κ3) is 5.28. The molecule has 1 aromatic heterocycles. The molecule has 0 unspecified atom stereocenters. The summed E-state index contributed by atoms with van der Waals surface area (Å²) < 4.78 is 41.7. The molecule has 178 valence electrons. The standard InChI is InChI=1S/C24H24FN3O4S2/c25-20-9-3-4-10-21(20)28(34(31,32)24-12-6-14-33-24)17-22(29)26-15-18-7-1-2-8-19(18)16-27-13-5-11-23(27)30/h1-4,6-10,12,14H,5,11,13,15-17H2,(H,26,29). The molecule has 34 heavy (non-hydrogen) atoms. The summed E-state index contributed by atoms with van der Waals surface area (Å²) >= 11 is 0.997. The van der Waals surface area contributed by atoms with Crippen molar-refractivity contribution in [2.45, 2.75) is 30.1 Å². The van der Waals surface area contributed by atoms with Crippen molar-refractivity contribution in [3.63, 3.8) is 0 Å². The van der Waals surface area contributed by atoms with Crippen LogP contribution in [0.4, 0.5) is 10.1 Å². The summed E-state index contributed by atoms with van der Waals surface area (Å²) in [6.07, 6.45) is 1.38. The average Bonchev–Trinajstić information content (AvgIpc) is 3.50. The van der Waals surface area contributed by atoms with E-state index in [2.05, 4.69) is 5.32 Å². The summed E-state index contributed by atoms with van der Waals surface area (Å²) in [5, 5.41) is 4.35. The van der Waals surface area contributed by atoms with Gasteiger partial charge in [-0.15, -0.1) is 11.3 Å². The van der Waals surface area contributed by atoms with Crippen molar-refractivity contribution in [3.8, 4) is 0 Å². The number of carbonyl (C=O) groups is 2. The van der Waals surface area contributed by atoms with E-state index in [-0.39, 0.29) is 22.3 Å². The maximum atomic E-state index is 14.5. The zero-order valence-electron chi connectivity index (χ0n) is 18.3. The summed E-state index contributed by atoms with van der Waals surface area (Å²) in [6.45, 7) is 0.742. The molecular formula is C24H24FN3O4S2. The molecule has 1 aliphatic heterocycles. The van der Waals surface area contributed by atoms with Crippen LogP contribution in [0.1, 0.15) is 24.0 Å². The fourth-order valence-electron chi connectivity index (χ4n) is 3.81. The molecular weight excluding hydrogens is 477 g/mol. The van der Waals surface area contributed by atoms with E-state index in [1.165, 1.54) is 24.3 Å². The highest BCUT2D eigenvalue weighted by molar-refractivity contribution is 7.94. The number of nitrogens with one attached hydrogen (secondary N) is 1. The molecule has 1 fully saturated rings. The molecule has 2 amide bonds. The number of para-hydroxylation sites is 1. The van der Waals surface area contributed by atoms with Crippen LogP contribution in [-0.2, 0) is 32.7 Å². The molecule has 4 rings (SSSR count). The highest BCUT2D eigenvalue weighted by Crippen LogP contribution is 2.28. The van der Waals surface area contributed by atoms with Gasteiger partial charge in [0, 0.05) is 26.1 Å². The fourth-order valence-corrected chi connectivity index (χ4v) is 6.35. The Kier molecular flexibility index (Phi) is 7.28. The molecule has 0 atom stereocenters. The number of hydrogen-bond acceptors (Lipinski definition) is 5. The number of nitrogens with zero attached hydrogens (tertiary/aromatic N) is 2. The van der Waals surface area contributed by atoms with E-state index in [4.69, 9.17) is 0 Å². The van der Waals surface area contributed by atoms with E-state index in [1.807, 2.05) is 24.3 Å². The van der Waals surface area contributed by atoms with Crippen molar-refractivity contribution in [3.05, 3.63) is 83.0 Å². The highest BCUT2D eigenvalue weighted by atomic mass is 32.2. The first-order valence-corrected chi connectivity index (χ1v) is 13.1. The summed E-state index contributed by atoms with van der Waals surface area (Å²) in [4.78, 5) is 26.6. The van der Waals surface area contributed by atoms with E-state index in [0.29, 0.717) is 19.5 Å². The van der Waals surface area contributed by atoms with Gasteiger partial charge in [0.05, 0.1) is 5.69 Å². The van der Waals surface area contributed by atoms with Gasteiger partial charge >= 0.3 is 0 Å². The van der Waals surface area contributed by atoms with Crippen molar-refractivity contribution < 1.29 is 22.4 Å². The highest BCUT2D eigenvalue weighted by Gasteiger charge is 2.30. The summed E-state index contributed by atoms with van der Waals surface area (Å²) in [7, 11) is -4.13. The van der Waals surface area contributed by atoms with Crippen LogP contribution in [0.5, 0.6) is 0 Å². The van der Waals surface area contributed by atoms with E-state index >= 15 is 0 Å². The maximum absolute atomic E-state index is 14.5. The average molecular weight is 502 g/mol. The normalized spacial score (nSPS) is 13.8. The Balaban J connectivity index is 1.50. The van der Waals surface area contributed by atoms with Crippen LogP contribution in [-0.4, -0.2) is 38.2 Å². The number of sulfonamides is 1. The molecule has 1 aliphatic rings. The SMILES string of the molecule is O=C(CN(c1ccccc1F)S(=O)(=O)c1cccs1)NCc1ccccc1CN1CCCC1=O. The lowest BCUT2D eigenvalue weighted by Crippen LogP contribution is -2.41. The largest absolute Gasteiger partial charge is 0.350 e. The molecule has 3 aromatic rings. The molecule has 2 aromatic carbocycles. The number of amides is 2. The van der Waals surface area contributed by atoms with Crippen LogP contribution in [0.3, 0.4) is 0 Å². The van der Waals surface area contributed by atoms with E-state index in [9.17, 15) is 22.4 Å². The van der Waals surface area contributed by atoms with Gasteiger partial charge in [-0.2, -0.15) is 0 Å². The van der Waals surface area contributed by atoms with Crippen LogP contribution >= 0.6 is 11.3 Å². The molecule has 1 saturated heterocycles. The molecule has 1 N–H and O–H groups in total. The minimum absolute atomic E-state index is 0.0178. The topological polar surface area (TPSA) is 86.8 Å². The molecule has 7 nitrogen and oxygen atoms in total. The lowest BCUT2D eigenvalue weighted by molar-refractivity contribution is -0.128. The predicted octanol–water partition coefficient (Wildman–Crippen LogP) is 3.52. The molecule has 0 aliphatic carbocycles. The maximum Gasteiger partial charge on any atom is 0.274 e. The monoisotopic (exact) mass is 501 g/mol. The van der Waals surface area contributed by atoms with Gasteiger partial charge < -0.3 is 10.2 Å². The van der Waals surface area contributed by atoms with Crippen molar-refractivity contribution in [2.24, 2.45) is 0 Å². The quantitative estimate of drug-likeness (QED) is 0.486. The second-order valence-electron chi connectivity index (χ2n) is 7.86. The number of carbonyl (C=O) groups excluding carboxylic acids is 2. The first-order chi connectivity index (χ1) is 16.4. The minimum atomic E-state index is -4.13. The Labute approximate surface area is 201 Å². The van der Waals surface area contributed by atoms with Gasteiger partial charge in [0.1, 0.15) is 16.6 Å². The first kappa shape index (κ1) is 23.9. The van der Waals surface area contributed by atoms with E-state index in [1.54, 1.807) is 16.3 Å². The van der Waals surface area contributed by atoms with Gasteiger partial charge in [-0.05, 0) is 41.1 Å². The molecule has 2 heterocycles. The Morgan fingerprint density at radius 2 is 1.79 bits per heavy atom. The van der Waals surface area contributed by atoms with Gasteiger partial charge in [0.25, 0.3) is 10.0 Å². The third-order valence-electron chi connectivity index (χ3n) is 5.57. The van der Waals surface area contributed by atoms with Gasteiger partial charge in [0.2, 0.25) is 11.8 Å². The van der Waals surface area contributed by atoms with E-state index < -0.39 is 28.3 Å². The van der Waals surface area contributed by atoms with Crippen LogP contribution in [0.25, 0.3) is 0 Å². The summed E-state index contributed by atoms with van der Waals surface area (Å²) in [5.41, 5.74) is 1.54. The molecule has 0 bridgehead atoms. The van der Waals surface area contributed by atoms with Crippen molar-refractivity contribution in [1.29, 1.82) is 0 Å². The number of hydrogen-bond donors (Lipinski definition) is 1. The third-order valence-corrected chi connectivity index (χ3v) is 8.71. The number of thiophene rings is 1. The number of benzene rings is 2. The Morgan fingerprint density at radius 1 is 1.06 bits per heavy atom. The number of likely N-dealkylation sites (tertiary alicyclic amines) is 1. The second-order valence-corrected chi connectivity index (χ2v) is 10.9. The number of anilines is 1. The van der Waals surface area contributed by atoms with Crippen LogP contribution < -0.4 is 9.62 Å². The molecule has 10 heteroatoms. The smallest absolute Gasteiger partial charge is 0.274 e. The minimum Gasteiger partial charge on any atom is -0.350 e. The Morgan fingerprint density at radius 3 is 2.47 bits per heavy atom. The van der Waals surface area contributed by atoms with Crippen molar-refractivity contribution in [2.75, 3.05) is 17.4 Å². The number of rotatable bonds is 9. The lowest BCUT2D eigenvalue weighted by Gasteiger charge is -2.24. The van der Waals surface area contributed by atoms with Crippen molar-refractivity contribution in [1.82, 2.24) is 10.2 Å². The van der Waals surface area contributed by atoms with Crippen molar-refractivity contribution >= 4 is 38.9 Å². The molecule has 0 radical (unpaired) electrons. The van der Waals surface area contributed by atoms with Gasteiger partial charge in [-0.1, -0.05) is 42.5 Å². The van der Waals surface area contributed by atoms with Gasteiger partial charge in [-0.25, -0.2) is 12.8 Å². The predicted molar refractivity (Wildman–Crippen MR) is 128 cm³/mol. The lowest BCUT2D eigenvalue weighted by atomic mass is 10.1. The molecule has 0 spiro atoms. The van der Waals surface area contributed by atoms with Gasteiger partial charge in [-0.3, -0.25) is 13.9 Å². The second kappa shape index (κ2) is 10.4. The first-order valence-electron chi connectivity index (χ1n) is 10.8. The van der Waals surface area contributed by atoms with Crippen LogP contribution in [0.2, 0.25) is 0 Å². The zero-order chi connectivity index (χ0) is 24.1. The van der Waals surface area contributed by atoms with Crippen LogP contribution in [0.15, 0.2) is 70.3 Å². The zero-order valence-corrected chi connectivity index (χ0v) is 19.9. The number of halogens is 1. The summed E-state index contributed by atoms with van der Waals surface area (Å²) in [6, 6.07) is 15.9. The van der Waals surface area contributed by atoms with E-state index in [0.717, 1.165) is 39.3 Å². The molecule has 0 saturated carbocycles.